The van der Waals surface area contributed by atoms with E-state index in [1.165, 1.54) is 12.1 Å². The first-order chi connectivity index (χ1) is 7.72. The van der Waals surface area contributed by atoms with Crippen LogP contribution in [0.5, 0.6) is 5.75 Å². The molecule has 1 aliphatic carbocycles. The first-order valence-electron chi connectivity index (χ1n) is 5.43. The van der Waals surface area contributed by atoms with Crippen LogP contribution in [0.2, 0.25) is 0 Å². The van der Waals surface area contributed by atoms with E-state index in [0.717, 1.165) is 12.8 Å². The molecule has 0 aliphatic heterocycles. The molecule has 0 heterocycles. The monoisotopic (exact) mass is 217 g/mol. The number of amides is 1. The second kappa shape index (κ2) is 4.39. The Morgan fingerprint density at radius 3 is 2.56 bits per heavy atom. The number of benzene rings is 1. The van der Waals surface area contributed by atoms with Gasteiger partial charge in [0.2, 0.25) is 0 Å². The van der Waals surface area contributed by atoms with E-state index in [1.54, 1.807) is 18.2 Å². The number of rotatable bonds is 4. The molecule has 3 heteroatoms. The second-order valence-electron chi connectivity index (χ2n) is 4.02. The van der Waals surface area contributed by atoms with Gasteiger partial charge < -0.3 is 10.0 Å². The Bertz CT molecular complexity index is 393. The number of hydrogen-bond donors (Lipinski definition) is 1. The van der Waals surface area contributed by atoms with E-state index in [9.17, 15) is 4.79 Å². The Balaban J connectivity index is 2.15. The molecule has 1 N–H and O–H groups in total. The average Bonchev–Trinajstić information content (AvgIpc) is 3.10. The maximum atomic E-state index is 12.1. The summed E-state index contributed by atoms with van der Waals surface area (Å²) >= 11 is 0. The quantitative estimate of drug-likeness (QED) is 0.785. The maximum absolute atomic E-state index is 12.1. The standard InChI is InChI=1S/C13H15NO2/c1-2-9-14(11-5-6-11)13(16)10-3-7-12(15)8-4-10/h2-4,7-8,11,15H,1,5-6,9H2. The molecule has 3 nitrogen and oxygen atoms in total. The third kappa shape index (κ3) is 2.24. The number of carbonyl (C=O) groups is 1. The molecular formula is C13H15NO2. The van der Waals surface area contributed by atoms with Gasteiger partial charge in [0, 0.05) is 18.2 Å². The average molecular weight is 217 g/mol. The van der Waals surface area contributed by atoms with Gasteiger partial charge in [0.15, 0.2) is 0 Å². The Labute approximate surface area is 95.0 Å². The fourth-order valence-corrected chi connectivity index (χ4v) is 1.69. The number of carbonyl (C=O) groups excluding carboxylic acids is 1. The summed E-state index contributed by atoms with van der Waals surface area (Å²) in [6.45, 7) is 4.25. The van der Waals surface area contributed by atoms with Crippen LogP contribution in [-0.4, -0.2) is 28.5 Å². The van der Waals surface area contributed by atoms with E-state index < -0.39 is 0 Å². The summed E-state index contributed by atoms with van der Waals surface area (Å²) in [6.07, 6.45) is 3.91. The van der Waals surface area contributed by atoms with Crippen LogP contribution < -0.4 is 0 Å². The predicted octanol–water partition coefficient (Wildman–Crippen LogP) is 2.18. The summed E-state index contributed by atoms with van der Waals surface area (Å²) in [5.74, 6) is 0.195. The lowest BCUT2D eigenvalue weighted by Gasteiger charge is -2.20. The molecule has 1 aromatic rings. The van der Waals surface area contributed by atoms with Crippen molar-refractivity contribution in [1.82, 2.24) is 4.90 Å². The molecule has 0 radical (unpaired) electrons. The van der Waals surface area contributed by atoms with Crippen molar-refractivity contribution in [2.75, 3.05) is 6.54 Å². The van der Waals surface area contributed by atoms with E-state index in [4.69, 9.17) is 5.11 Å². The highest BCUT2D eigenvalue weighted by Crippen LogP contribution is 2.28. The van der Waals surface area contributed by atoms with Gasteiger partial charge in [-0.1, -0.05) is 6.08 Å². The molecule has 0 aromatic heterocycles. The van der Waals surface area contributed by atoms with Gasteiger partial charge in [-0.3, -0.25) is 4.79 Å². The minimum Gasteiger partial charge on any atom is -0.508 e. The Morgan fingerprint density at radius 1 is 1.44 bits per heavy atom. The van der Waals surface area contributed by atoms with Crippen molar-refractivity contribution >= 4 is 5.91 Å². The van der Waals surface area contributed by atoms with E-state index in [0.29, 0.717) is 18.2 Å². The highest BCUT2D eigenvalue weighted by molar-refractivity contribution is 5.94. The number of hydrogen-bond acceptors (Lipinski definition) is 2. The number of nitrogens with zero attached hydrogens (tertiary/aromatic N) is 1. The molecule has 84 valence electrons. The molecule has 1 aromatic carbocycles. The van der Waals surface area contributed by atoms with Crippen molar-refractivity contribution in [2.24, 2.45) is 0 Å². The fraction of sp³-hybridized carbons (Fsp3) is 0.308. The highest BCUT2D eigenvalue weighted by Gasteiger charge is 2.32. The molecule has 0 atom stereocenters. The van der Waals surface area contributed by atoms with Crippen molar-refractivity contribution in [2.45, 2.75) is 18.9 Å². The SMILES string of the molecule is C=CCN(C(=O)c1ccc(O)cc1)C1CC1. The lowest BCUT2D eigenvalue weighted by molar-refractivity contribution is 0.0762. The van der Waals surface area contributed by atoms with Crippen LogP contribution in [0.15, 0.2) is 36.9 Å². The summed E-state index contributed by atoms with van der Waals surface area (Å²) in [5.41, 5.74) is 0.617. The van der Waals surface area contributed by atoms with Crippen LogP contribution in [0.3, 0.4) is 0 Å². The summed E-state index contributed by atoms with van der Waals surface area (Å²) < 4.78 is 0. The van der Waals surface area contributed by atoms with Crippen LogP contribution in [0.1, 0.15) is 23.2 Å². The molecule has 0 unspecified atom stereocenters. The molecule has 1 amide bonds. The largest absolute Gasteiger partial charge is 0.508 e. The molecule has 1 fully saturated rings. The van der Waals surface area contributed by atoms with Gasteiger partial charge in [0.25, 0.3) is 5.91 Å². The topological polar surface area (TPSA) is 40.5 Å². The van der Waals surface area contributed by atoms with Crippen molar-refractivity contribution in [1.29, 1.82) is 0 Å². The lowest BCUT2D eigenvalue weighted by Crippen LogP contribution is -2.33. The van der Waals surface area contributed by atoms with Crippen molar-refractivity contribution < 1.29 is 9.90 Å². The zero-order chi connectivity index (χ0) is 11.5. The Kier molecular flexibility index (Phi) is 2.95. The molecular weight excluding hydrogens is 202 g/mol. The molecule has 0 saturated heterocycles. The predicted molar refractivity (Wildman–Crippen MR) is 62.4 cm³/mol. The van der Waals surface area contributed by atoms with Gasteiger partial charge in [-0.25, -0.2) is 0 Å². The first-order valence-corrected chi connectivity index (χ1v) is 5.43. The minimum absolute atomic E-state index is 0.0161. The third-order valence-corrected chi connectivity index (χ3v) is 2.69. The van der Waals surface area contributed by atoms with E-state index in [-0.39, 0.29) is 11.7 Å². The smallest absolute Gasteiger partial charge is 0.254 e. The second-order valence-corrected chi connectivity index (χ2v) is 4.02. The van der Waals surface area contributed by atoms with E-state index >= 15 is 0 Å². The molecule has 1 aliphatic rings. The van der Waals surface area contributed by atoms with Crippen LogP contribution in [0.25, 0.3) is 0 Å². The summed E-state index contributed by atoms with van der Waals surface area (Å²) in [4.78, 5) is 14.0. The van der Waals surface area contributed by atoms with Crippen LogP contribution in [0.4, 0.5) is 0 Å². The minimum atomic E-state index is 0.0161. The van der Waals surface area contributed by atoms with Crippen molar-refractivity contribution in [3.05, 3.63) is 42.5 Å². The summed E-state index contributed by atoms with van der Waals surface area (Å²) in [5, 5.41) is 9.16. The van der Waals surface area contributed by atoms with E-state index in [1.807, 2.05) is 4.90 Å². The van der Waals surface area contributed by atoms with Gasteiger partial charge >= 0.3 is 0 Å². The molecule has 0 spiro atoms. The zero-order valence-electron chi connectivity index (χ0n) is 9.10. The molecule has 2 rings (SSSR count). The number of phenols is 1. The Hall–Kier alpha value is -1.77. The lowest BCUT2D eigenvalue weighted by atomic mass is 10.2. The molecule has 16 heavy (non-hydrogen) atoms. The normalized spacial score (nSPS) is 14.5. The summed E-state index contributed by atoms with van der Waals surface area (Å²) in [7, 11) is 0. The van der Waals surface area contributed by atoms with Gasteiger partial charge in [0.05, 0.1) is 0 Å². The first kappa shape index (κ1) is 10.7. The van der Waals surface area contributed by atoms with Crippen molar-refractivity contribution in [3.63, 3.8) is 0 Å². The Morgan fingerprint density at radius 2 is 2.06 bits per heavy atom. The van der Waals surface area contributed by atoms with Crippen LogP contribution in [0, 0.1) is 0 Å². The fourth-order valence-electron chi connectivity index (χ4n) is 1.69. The third-order valence-electron chi connectivity index (χ3n) is 2.69. The van der Waals surface area contributed by atoms with Crippen LogP contribution >= 0.6 is 0 Å². The van der Waals surface area contributed by atoms with Gasteiger partial charge in [0.1, 0.15) is 5.75 Å². The highest BCUT2D eigenvalue weighted by atomic mass is 16.3. The van der Waals surface area contributed by atoms with Gasteiger partial charge in [-0.15, -0.1) is 6.58 Å². The van der Waals surface area contributed by atoms with E-state index in [2.05, 4.69) is 6.58 Å². The van der Waals surface area contributed by atoms with Gasteiger partial charge in [-0.2, -0.15) is 0 Å². The van der Waals surface area contributed by atoms with Crippen molar-refractivity contribution in [3.8, 4) is 5.75 Å². The van der Waals surface area contributed by atoms with Crippen LogP contribution in [-0.2, 0) is 0 Å². The number of phenolic OH excluding ortho intramolecular Hbond substituents is 1. The van der Waals surface area contributed by atoms with Gasteiger partial charge in [-0.05, 0) is 37.1 Å². The molecule has 1 saturated carbocycles. The number of aromatic hydroxyl groups is 1. The summed E-state index contributed by atoms with van der Waals surface area (Å²) in [6, 6.07) is 6.74. The maximum Gasteiger partial charge on any atom is 0.254 e. The molecule has 0 bridgehead atoms. The zero-order valence-corrected chi connectivity index (χ0v) is 9.10.